The molecule has 4 rings (SSSR count). The number of rotatable bonds is 10. The molecular weight excluding hydrogens is 515 g/mol. The molecule has 1 saturated carbocycles. The third-order valence-electron chi connectivity index (χ3n) is 7.31. The Morgan fingerprint density at radius 2 is 1.55 bits per heavy atom. The second-order valence-electron chi connectivity index (χ2n) is 10.3. The SMILES string of the molecule is Cc1ccc(CCC(=O)N(Cc2ccc(Cl)c(Cl)c2)C(Cc2ccccc2)C(=O)NC2CCCCC2)cc1. The smallest absolute Gasteiger partial charge is 0.243 e. The van der Waals surface area contributed by atoms with Crippen LogP contribution in [0.5, 0.6) is 0 Å². The van der Waals surface area contributed by atoms with Crippen molar-refractivity contribution in [2.24, 2.45) is 0 Å². The minimum Gasteiger partial charge on any atom is -0.352 e. The van der Waals surface area contributed by atoms with Crippen LogP contribution >= 0.6 is 23.2 Å². The molecule has 0 bridgehead atoms. The molecule has 1 fully saturated rings. The van der Waals surface area contributed by atoms with Gasteiger partial charge in [0, 0.05) is 25.4 Å². The van der Waals surface area contributed by atoms with Crippen LogP contribution < -0.4 is 5.32 Å². The number of nitrogens with zero attached hydrogens (tertiary/aromatic N) is 1. The number of nitrogens with one attached hydrogen (secondary N) is 1. The van der Waals surface area contributed by atoms with Gasteiger partial charge in [-0.05, 0) is 55.0 Å². The van der Waals surface area contributed by atoms with Gasteiger partial charge in [0.25, 0.3) is 0 Å². The van der Waals surface area contributed by atoms with Crippen molar-refractivity contribution in [3.8, 4) is 0 Å². The van der Waals surface area contributed by atoms with Crippen LogP contribution in [0.1, 0.15) is 60.8 Å². The molecule has 0 saturated heterocycles. The summed E-state index contributed by atoms with van der Waals surface area (Å²) in [6, 6.07) is 23.0. The predicted octanol–water partition coefficient (Wildman–Crippen LogP) is 7.32. The lowest BCUT2D eigenvalue weighted by Crippen LogP contribution is -2.52. The van der Waals surface area contributed by atoms with E-state index in [4.69, 9.17) is 23.2 Å². The normalized spacial score (nSPS) is 14.6. The lowest BCUT2D eigenvalue weighted by atomic mass is 9.94. The Balaban J connectivity index is 1.62. The van der Waals surface area contributed by atoms with Gasteiger partial charge >= 0.3 is 0 Å². The molecule has 0 aliphatic heterocycles. The summed E-state index contributed by atoms with van der Waals surface area (Å²) in [5.74, 6) is -0.152. The van der Waals surface area contributed by atoms with Gasteiger partial charge in [0.2, 0.25) is 11.8 Å². The quantitative estimate of drug-likeness (QED) is 0.287. The van der Waals surface area contributed by atoms with Crippen molar-refractivity contribution in [3.05, 3.63) is 105 Å². The van der Waals surface area contributed by atoms with Crippen molar-refractivity contribution in [1.82, 2.24) is 10.2 Å². The van der Waals surface area contributed by atoms with Gasteiger partial charge in [0.15, 0.2) is 0 Å². The zero-order valence-electron chi connectivity index (χ0n) is 22.0. The molecule has 0 spiro atoms. The molecule has 6 heteroatoms. The Morgan fingerprint density at radius 3 is 2.24 bits per heavy atom. The summed E-state index contributed by atoms with van der Waals surface area (Å²) in [5, 5.41) is 4.18. The van der Waals surface area contributed by atoms with E-state index in [0.717, 1.165) is 42.4 Å². The van der Waals surface area contributed by atoms with Crippen LogP contribution in [-0.4, -0.2) is 28.8 Å². The highest BCUT2D eigenvalue weighted by Crippen LogP contribution is 2.25. The van der Waals surface area contributed by atoms with Crippen LogP contribution in [0.25, 0.3) is 0 Å². The summed E-state index contributed by atoms with van der Waals surface area (Å²) in [5.41, 5.74) is 4.14. The summed E-state index contributed by atoms with van der Waals surface area (Å²) in [6.45, 7) is 2.33. The Bertz CT molecular complexity index is 1210. The topological polar surface area (TPSA) is 49.4 Å². The van der Waals surface area contributed by atoms with Crippen LogP contribution in [-0.2, 0) is 29.0 Å². The van der Waals surface area contributed by atoms with E-state index in [1.54, 1.807) is 17.0 Å². The van der Waals surface area contributed by atoms with Gasteiger partial charge in [-0.2, -0.15) is 0 Å². The van der Waals surface area contributed by atoms with Gasteiger partial charge in [-0.3, -0.25) is 9.59 Å². The fourth-order valence-corrected chi connectivity index (χ4v) is 5.40. The van der Waals surface area contributed by atoms with Crippen molar-refractivity contribution in [2.75, 3.05) is 0 Å². The maximum absolute atomic E-state index is 13.9. The summed E-state index contributed by atoms with van der Waals surface area (Å²) >= 11 is 12.5. The first-order chi connectivity index (χ1) is 18.4. The van der Waals surface area contributed by atoms with E-state index < -0.39 is 6.04 Å². The first kappa shape index (κ1) is 28.2. The number of carbonyl (C=O) groups is 2. The fourth-order valence-electron chi connectivity index (χ4n) is 5.08. The number of aryl methyl sites for hydroxylation is 2. The molecule has 3 aromatic carbocycles. The van der Waals surface area contributed by atoms with E-state index in [0.29, 0.717) is 29.3 Å². The van der Waals surface area contributed by atoms with Crippen LogP contribution in [0.4, 0.5) is 0 Å². The summed E-state index contributed by atoms with van der Waals surface area (Å²) in [7, 11) is 0. The van der Waals surface area contributed by atoms with E-state index in [1.165, 1.54) is 12.0 Å². The minimum atomic E-state index is -0.640. The standard InChI is InChI=1S/C32H36Cl2N2O2/c1-23-12-14-24(15-13-23)17-19-31(37)36(22-26-16-18-28(33)29(34)20-26)30(21-25-8-4-2-5-9-25)32(38)35-27-10-6-3-7-11-27/h2,4-5,8-9,12-16,18,20,27,30H,3,6-7,10-11,17,19,21-22H2,1H3,(H,35,38). The first-order valence-electron chi connectivity index (χ1n) is 13.5. The second-order valence-corrected chi connectivity index (χ2v) is 11.1. The first-order valence-corrected chi connectivity index (χ1v) is 14.3. The van der Waals surface area contributed by atoms with Crippen LogP contribution in [0.3, 0.4) is 0 Å². The van der Waals surface area contributed by atoms with Gasteiger partial charge in [0.1, 0.15) is 6.04 Å². The van der Waals surface area contributed by atoms with Crippen LogP contribution in [0, 0.1) is 6.92 Å². The lowest BCUT2D eigenvalue weighted by Gasteiger charge is -2.33. The van der Waals surface area contributed by atoms with Crippen molar-refractivity contribution in [2.45, 2.75) is 76.9 Å². The summed E-state index contributed by atoms with van der Waals surface area (Å²) in [6.07, 6.45) is 6.78. The van der Waals surface area contributed by atoms with Crippen molar-refractivity contribution in [1.29, 1.82) is 0 Å². The van der Waals surface area contributed by atoms with E-state index >= 15 is 0 Å². The molecular formula is C32H36Cl2N2O2. The molecule has 38 heavy (non-hydrogen) atoms. The monoisotopic (exact) mass is 550 g/mol. The van der Waals surface area contributed by atoms with Crippen LogP contribution in [0.15, 0.2) is 72.8 Å². The largest absolute Gasteiger partial charge is 0.352 e. The second kappa shape index (κ2) is 13.8. The van der Waals surface area contributed by atoms with Gasteiger partial charge in [0.05, 0.1) is 10.0 Å². The summed E-state index contributed by atoms with van der Waals surface area (Å²) in [4.78, 5) is 29.4. The molecule has 1 aliphatic carbocycles. The maximum atomic E-state index is 13.9. The lowest BCUT2D eigenvalue weighted by molar-refractivity contribution is -0.141. The number of hydrogen-bond acceptors (Lipinski definition) is 2. The van der Waals surface area contributed by atoms with Gasteiger partial charge < -0.3 is 10.2 Å². The average molecular weight is 552 g/mol. The van der Waals surface area contributed by atoms with Crippen LogP contribution in [0.2, 0.25) is 10.0 Å². The third kappa shape index (κ3) is 8.09. The third-order valence-corrected chi connectivity index (χ3v) is 8.05. The number of benzene rings is 3. The highest BCUT2D eigenvalue weighted by molar-refractivity contribution is 6.42. The molecule has 200 valence electrons. The zero-order chi connectivity index (χ0) is 26.9. The highest BCUT2D eigenvalue weighted by atomic mass is 35.5. The number of hydrogen-bond donors (Lipinski definition) is 1. The average Bonchev–Trinajstić information content (AvgIpc) is 2.93. The predicted molar refractivity (Wildman–Crippen MR) is 155 cm³/mol. The molecule has 4 nitrogen and oxygen atoms in total. The molecule has 1 N–H and O–H groups in total. The molecule has 1 unspecified atom stereocenters. The summed E-state index contributed by atoms with van der Waals surface area (Å²) < 4.78 is 0. The molecule has 2 amide bonds. The molecule has 0 aromatic heterocycles. The fraction of sp³-hybridized carbons (Fsp3) is 0.375. The minimum absolute atomic E-state index is 0.0589. The van der Waals surface area contributed by atoms with E-state index in [1.807, 2.05) is 43.3 Å². The Kier molecular flexibility index (Phi) is 10.3. The Morgan fingerprint density at radius 1 is 0.868 bits per heavy atom. The van der Waals surface area contributed by atoms with Gasteiger partial charge in [-0.1, -0.05) is 109 Å². The maximum Gasteiger partial charge on any atom is 0.243 e. The molecule has 0 heterocycles. The van der Waals surface area contributed by atoms with Crippen molar-refractivity contribution >= 4 is 35.0 Å². The van der Waals surface area contributed by atoms with E-state index in [-0.39, 0.29) is 24.4 Å². The number of halogens is 2. The van der Waals surface area contributed by atoms with Crippen molar-refractivity contribution < 1.29 is 9.59 Å². The molecule has 0 radical (unpaired) electrons. The van der Waals surface area contributed by atoms with E-state index in [9.17, 15) is 9.59 Å². The highest BCUT2D eigenvalue weighted by Gasteiger charge is 2.31. The van der Waals surface area contributed by atoms with Crippen molar-refractivity contribution in [3.63, 3.8) is 0 Å². The van der Waals surface area contributed by atoms with Gasteiger partial charge in [-0.15, -0.1) is 0 Å². The zero-order valence-corrected chi connectivity index (χ0v) is 23.5. The number of amides is 2. The molecule has 3 aromatic rings. The van der Waals surface area contributed by atoms with Gasteiger partial charge in [-0.25, -0.2) is 0 Å². The van der Waals surface area contributed by atoms with E-state index in [2.05, 4.69) is 29.6 Å². The number of carbonyl (C=O) groups excluding carboxylic acids is 2. The Hall–Kier alpha value is -2.82. The molecule has 1 atom stereocenters. The molecule has 1 aliphatic rings. The Labute approximate surface area is 236 Å².